The Morgan fingerprint density at radius 3 is 2.45 bits per heavy atom. The van der Waals surface area contributed by atoms with Crippen LogP contribution in [0.4, 0.5) is 4.79 Å². The van der Waals surface area contributed by atoms with Crippen molar-refractivity contribution in [3.8, 4) is 0 Å². The van der Waals surface area contributed by atoms with Crippen LogP contribution in [0.2, 0.25) is 0 Å². The van der Waals surface area contributed by atoms with Crippen LogP contribution in [-0.2, 0) is 9.59 Å². The van der Waals surface area contributed by atoms with Gasteiger partial charge in [0.1, 0.15) is 6.04 Å². The van der Waals surface area contributed by atoms with Crippen LogP contribution in [0.3, 0.4) is 0 Å². The van der Waals surface area contributed by atoms with Gasteiger partial charge < -0.3 is 21.5 Å². The Morgan fingerprint density at radius 1 is 1.40 bits per heavy atom. The quantitative estimate of drug-likeness (QED) is 0.508. The van der Waals surface area contributed by atoms with Gasteiger partial charge in [0.15, 0.2) is 0 Å². The Labute approximate surface area is 122 Å². The number of carbonyl (C=O) groups is 3. The first-order chi connectivity index (χ1) is 9.41. The van der Waals surface area contributed by atoms with Crippen molar-refractivity contribution >= 4 is 29.7 Å². The van der Waals surface area contributed by atoms with Crippen LogP contribution in [-0.4, -0.2) is 47.6 Å². The van der Waals surface area contributed by atoms with Gasteiger partial charge >= 0.3 is 12.0 Å². The zero-order valence-corrected chi connectivity index (χ0v) is 12.3. The average Bonchev–Trinajstić information content (AvgIpc) is 2.31. The number of nitrogens with one attached hydrogen (secondary N) is 2. The molecule has 0 aromatic carbocycles. The molecule has 1 atom stereocenters. The fraction of sp³-hybridized carbons (Fsp3) is 0.750. The van der Waals surface area contributed by atoms with Crippen molar-refractivity contribution in [2.45, 2.75) is 31.7 Å². The summed E-state index contributed by atoms with van der Waals surface area (Å²) >= 11 is 1.55. The fourth-order valence-corrected chi connectivity index (χ4v) is 2.60. The third-order valence-corrected chi connectivity index (χ3v) is 4.25. The van der Waals surface area contributed by atoms with Crippen molar-refractivity contribution in [3.05, 3.63) is 0 Å². The van der Waals surface area contributed by atoms with Gasteiger partial charge in [0.2, 0.25) is 5.91 Å². The van der Waals surface area contributed by atoms with Crippen LogP contribution in [0.25, 0.3) is 0 Å². The minimum absolute atomic E-state index is 0.0946. The molecule has 114 valence electrons. The van der Waals surface area contributed by atoms with Crippen LogP contribution < -0.4 is 16.4 Å². The molecule has 0 aromatic heterocycles. The van der Waals surface area contributed by atoms with E-state index in [-0.39, 0.29) is 12.5 Å². The fourth-order valence-electron chi connectivity index (χ4n) is 2.13. The molecule has 1 rings (SSSR count). The Kier molecular flexibility index (Phi) is 6.12. The molecule has 1 aliphatic rings. The van der Waals surface area contributed by atoms with Gasteiger partial charge in [-0.25, -0.2) is 4.79 Å². The molecule has 7 nitrogen and oxygen atoms in total. The summed E-state index contributed by atoms with van der Waals surface area (Å²) in [5, 5.41) is 14.2. The smallest absolute Gasteiger partial charge is 0.312 e. The molecular weight excluding hydrogens is 282 g/mol. The van der Waals surface area contributed by atoms with E-state index in [1.165, 1.54) is 0 Å². The van der Waals surface area contributed by atoms with Crippen molar-refractivity contribution in [1.29, 1.82) is 0 Å². The van der Waals surface area contributed by atoms with Gasteiger partial charge in [-0.1, -0.05) is 6.42 Å². The summed E-state index contributed by atoms with van der Waals surface area (Å²) in [6.07, 6.45) is 4.35. The second kappa shape index (κ2) is 7.37. The lowest BCUT2D eigenvalue weighted by Gasteiger charge is -2.37. The molecule has 0 heterocycles. The van der Waals surface area contributed by atoms with Crippen molar-refractivity contribution in [1.82, 2.24) is 10.6 Å². The van der Waals surface area contributed by atoms with E-state index in [4.69, 9.17) is 5.73 Å². The lowest BCUT2D eigenvalue weighted by molar-refractivity contribution is -0.154. The molecule has 0 aromatic rings. The van der Waals surface area contributed by atoms with Gasteiger partial charge in [-0.05, 0) is 31.3 Å². The summed E-state index contributed by atoms with van der Waals surface area (Å²) in [6, 6.07) is -1.48. The summed E-state index contributed by atoms with van der Waals surface area (Å²) in [4.78, 5) is 34.1. The maximum Gasteiger partial charge on any atom is 0.312 e. The highest BCUT2D eigenvalue weighted by Gasteiger charge is 2.44. The van der Waals surface area contributed by atoms with Crippen LogP contribution in [0.5, 0.6) is 0 Å². The van der Waals surface area contributed by atoms with Crippen molar-refractivity contribution in [3.63, 3.8) is 0 Å². The topological polar surface area (TPSA) is 122 Å². The van der Waals surface area contributed by atoms with E-state index < -0.39 is 23.5 Å². The third kappa shape index (κ3) is 4.29. The molecule has 3 amide bonds. The number of urea groups is 1. The molecule has 1 unspecified atom stereocenters. The summed E-state index contributed by atoms with van der Waals surface area (Å²) in [5.74, 6) is -0.569. The lowest BCUT2D eigenvalue weighted by atomic mass is 9.69. The Hall–Kier alpha value is -1.44. The van der Waals surface area contributed by atoms with Crippen LogP contribution >= 0.6 is 11.8 Å². The van der Waals surface area contributed by atoms with E-state index in [1.807, 2.05) is 6.26 Å². The van der Waals surface area contributed by atoms with Crippen LogP contribution in [0, 0.1) is 5.41 Å². The summed E-state index contributed by atoms with van der Waals surface area (Å²) in [6.45, 7) is 0.0946. The Balaban J connectivity index is 2.52. The largest absolute Gasteiger partial charge is 0.481 e. The predicted molar refractivity (Wildman–Crippen MR) is 76.4 cm³/mol. The molecule has 0 aliphatic heterocycles. The van der Waals surface area contributed by atoms with E-state index in [9.17, 15) is 19.5 Å². The predicted octanol–water partition coefficient (Wildman–Crippen LogP) is 0.148. The van der Waals surface area contributed by atoms with Crippen LogP contribution in [0.1, 0.15) is 25.7 Å². The molecule has 8 heteroatoms. The maximum absolute atomic E-state index is 12.0. The minimum Gasteiger partial charge on any atom is -0.481 e. The van der Waals surface area contributed by atoms with Crippen molar-refractivity contribution in [2.75, 3.05) is 18.6 Å². The number of hydrogen-bond donors (Lipinski definition) is 4. The van der Waals surface area contributed by atoms with Gasteiger partial charge in [-0.3, -0.25) is 9.59 Å². The molecule has 1 aliphatic carbocycles. The normalized spacial score (nSPS) is 17.6. The SMILES string of the molecule is CSCCC(NC(N)=O)C(=O)NCC1(C(=O)O)CCC1. The first kappa shape index (κ1) is 16.6. The van der Waals surface area contributed by atoms with Crippen molar-refractivity contribution < 1.29 is 19.5 Å². The average molecular weight is 303 g/mol. The molecule has 1 saturated carbocycles. The van der Waals surface area contributed by atoms with E-state index in [0.717, 1.165) is 6.42 Å². The molecule has 0 radical (unpaired) electrons. The van der Waals surface area contributed by atoms with Gasteiger partial charge in [-0.15, -0.1) is 0 Å². The van der Waals surface area contributed by atoms with Gasteiger partial charge in [0.25, 0.3) is 0 Å². The maximum atomic E-state index is 12.0. The first-order valence-corrected chi connectivity index (χ1v) is 7.87. The highest BCUT2D eigenvalue weighted by atomic mass is 32.2. The van der Waals surface area contributed by atoms with Gasteiger partial charge in [0, 0.05) is 6.54 Å². The minimum atomic E-state index is -0.882. The highest BCUT2D eigenvalue weighted by Crippen LogP contribution is 2.40. The zero-order chi connectivity index (χ0) is 15.2. The van der Waals surface area contributed by atoms with E-state index in [2.05, 4.69) is 10.6 Å². The van der Waals surface area contributed by atoms with Gasteiger partial charge in [-0.2, -0.15) is 11.8 Å². The summed E-state index contributed by atoms with van der Waals surface area (Å²) in [5.41, 5.74) is 4.20. The molecule has 20 heavy (non-hydrogen) atoms. The Bertz CT molecular complexity index is 385. The first-order valence-electron chi connectivity index (χ1n) is 6.47. The van der Waals surface area contributed by atoms with E-state index >= 15 is 0 Å². The summed E-state index contributed by atoms with van der Waals surface area (Å²) < 4.78 is 0. The third-order valence-electron chi connectivity index (χ3n) is 3.61. The van der Waals surface area contributed by atoms with Crippen LogP contribution in [0.15, 0.2) is 0 Å². The molecule has 1 fully saturated rings. The highest BCUT2D eigenvalue weighted by molar-refractivity contribution is 7.98. The number of carboxylic acid groups (broad SMARTS) is 1. The number of hydrogen-bond acceptors (Lipinski definition) is 4. The zero-order valence-electron chi connectivity index (χ0n) is 11.5. The lowest BCUT2D eigenvalue weighted by Crippen LogP contribution is -2.53. The number of amides is 3. The summed E-state index contributed by atoms with van der Waals surface area (Å²) in [7, 11) is 0. The number of nitrogens with two attached hydrogens (primary N) is 1. The number of rotatable bonds is 8. The number of aliphatic carboxylic acids is 1. The number of primary amides is 1. The molecule has 0 bridgehead atoms. The van der Waals surface area contributed by atoms with Gasteiger partial charge in [0.05, 0.1) is 5.41 Å². The standard InChI is InChI=1S/C12H21N3O4S/c1-20-6-3-8(15-11(13)19)9(16)14-7-12(10(17)18)4-2-5-12/h8H,2-7H2,1H3,(H,14,16)(H,17,18)(H3,13,15,19). The number of carbonyl (C=O) groups excluding carboxylic acids is 2. The number of thioether (sulfide) groups is 1. The van der Waals surface area contributed by atoms with Crippen molar-refractivity contribution in [2.24, 2.45) is 11.1 Å². The molecule has 0 spiro atoms. The second-order valence-corrected chi connectivity index (χ2v) is 5.99. The second-order valence-electron chi connectivity index (χ2n) is 5.00. The molecular formula is C12H21N3O4S. The number of carboxylic acids is 1. The van der Waals surface area contributed by atoms with E-state index in [1.54, 1.807) is 11.8 Å². The monoisotopic (exact) mass is 303 g/mol. The Morgan fingerprint density at radius 2 is 2.05 bits per heavy atom. The van der Waals surface area contributed by atoms with E-state index in [0.29, 0.717) is 25.0 Å². The molecule has 0 saturated heterocycles. The molecule has 5 N–H and O–H groups in total.